The molecule has 1 heterocycles. The van der Waals surface area contributed by atoms with Crippen molar-refractivity contribution in [3.8, 4) is 6.07 Å². The fourth-order valence-corrected chi connectivity index (χ4v) is 2.29. The molecule has 0 aliphatic rings. The average Bonchev–Trinajstić information content (AvgIpc) is 2.71. The Hall–Kier alpha value is -1.98. The van der Waals surface area contributed by atoms with Gasteiger partial charge < -0.3 is 0 Å². The zero-order valence-electron chi connectivity index (χ0n) is 9.19. The first kappa shape index (κ1) is 12.5. The van der Waals surface area contributed by atoms with E-state index in [0.29, 0.717) is 5.01 Å². The van der Waals surface area contributed by atoms with Crippen LogP contribution < -0.4 is 0 Å². The van der Waals surface area contributed by atoms with Gasteiger partial charge in [0.1, 0.15) is 6.07 Å². The Morgan fingerprint density at radius 3 is 2.83 bits per heavy atom. The third-order valence-corrected chi connectivity index (χ3v) is 3.25. The summed E-state index contributed by atoms with van der Waals surface area (Å²) >= 11 is 1.24. The Balaban J connectivity index is 2.42. The normalized spacial score (nSPS) is 12.3. The molecule has 0 amide bonds. The summed E-state index contributed by atoms with van der Waals surface area (Å²) in [5.41, 5.74) is 0.557. The third kappa shape index (κ3) is 2.82. The molecule has 0 saturated carbocycles. The van der Waals surface area contributed by atoms with E-state index in [-0.39, 0.29) is 5.71 Å². The fourth-order valence-electron chi connectivity index (χ4n) is 1.19. The Kier molecular flexibility index (Phi) is 3.27. The van der Waals surface area contributed by atoms with Crippen molar-refractivity contribution in [2.45, 2.75) is 0 Å². The maximum Gasteiger partial charge on any atom is 0.325 e. The van der Waals surface area contributed by atoms with Gasteiger partial charge in [-0.15, -0.1) is 11.3 Å². The number of para-hydroxylation sites is 1. The maximum atomic E-state index is 10.8. The molecule has 18 heavy (non-hydrogen) atoms. The maximum absolute atomic E-state index is 10.8. The first-order valence-electron chi connectivity index (χ1n) is 4.72. The summed E-state index contributed by atoms with van der Waals surface area (Å²) < 4.78 is 26.7. The van der Waals surface area contributed by atoms with Gasteiger partial charge in [-0.1, -0.05) is 17.3 Å². The van der Waals surface area contributed by atoms with Crippen LogP contribution in [0.3, 0.4) is 0 Å². The van der Waals surface area contributed by atoms with Gasteiger partial charge in [-0.3, -0.25) is 4.28 Å². The van der Waals surface area contributed by atoms with Crippen LogP contribution in [-0.2, 0) is 14.4 Å². The highest BCUT2D eigenvalue weighted by Crippen LogP contribution is 2.22. The molecule has 0 saturated heterocycles. The lowest BCUT2D eigenvalue weighted by Gasteiger charge is -1.93. The van der Waals surface area contributed by atoms with Gasteiger partial charge in [0, 0.05) is 0 Å². The second kappa shape index (κ2) is 4.72. The van der Waals surface area contributed by atoms with E-state index in [1.54, 1.807) is 12.1 Å². The number of hydrogen-bond acceptors (Lipinski definition) is 7. The van der Waals surface area contributed by atoms with E-state index in [2.05, 4.69) is 14.4 Å². The van der Waals surface area contributed by atoms with Crippen LogP contribution in [0.4, 0.5) is 0 Å². The van der Waals surface area contributed by atoms with E-state index in [4.69, 9.17) is 5.26 Å². The lowest BCUT2D eigenvalue weighted by molar-refractivity contribution is 0.344. The molecule has 0 bridgehead atoms. The first-order valence-corrected chi connectivity index (χ1v) is 7.35. The number of thiazole rings is 1. The van der Waals surface area contributed by atoms with Crippen LogP contribution in [0.5, 0.6) is 0 Å². The molecule has 1 aromatic heterocycles. The van der Waals surface area contributed by atoms with Crippen LogP contribution in [0.1, 0.15) is 5.01 Å². The van der Waals surface area contributed by atoms with Gasteiger partial charge >= 0.3 is 10.1 Å². The number of fused-ring (bicyclic) bond motifs is 1. The Bertz CT molecular complexity index is 723. The number of aromatic nitrogens is 1. The van der Waals surface area contributed by atoms with Crippen LogP contribution in [0.25, 0.3) is 10.2 Å². The molecule has 0 aliphatic heterocycles. The summed E-state index contributed by atoms with van der Waals surface area (Å²) in [7, 11) is -3.73. The summed E-state index contributed by atoms with van der Waals surface area (Å²) in [5, 5.41) is 12.5. The Morgan fingerprint density at radius 2 is 2.22 bits per heavy atom. The fraction of sp³-hybridized carbons (Fsp3) is 0.100. The van der Waals surface area contributed by atoms with Gasteiger partial charge in [0.15, 0.2) is 5.01 Å². The number of rotatable bonds is 3. The van der Waals surface area contributed by atoms with Gasteiger partial charge in [-0.2, -0.15) is 13.7 Å². The molecule has 0 aliphatic carbocycles. The zero-order chi connectivity index (χ0) is 13.2. The zero-order valence-corrected chi connectivity index (χ0v) is 10.8. The predicted octanol–water partition coefficient (Wildman–Crippen LogP) is 1.50. The summed E-state index contributed by atoms with van der Waals surface area (Å²) in [5.74, 6) is 0. The van der Waals surface area contributed by atoms with Crippen LogP contribution in [0.2, 0.25) is 0 Å². The van der Waals surface area contributed by atoms with E-state index in [1.807, 2.05) is 18.2 Å². The molecule has 2 rings (SSSR count). The van der Waals surface area contributed by atoms with Gasteiger partial charge in [0.25, 0.3) is 0 Å². The molecule has 0 N–H and O–H groups in total. The SMILES string of the molecule is CS(=O)(=O)ON=C(C#N)c1nc2ccccc2s1. The van der Waals surface area contributed by atoms with E-state index < -0.39 is 10.1 Å². The third-order valence-electron chi connectivity index (χ3n) is 1.87. The molecule has 1 aromatic carbocycles. The van der Waals surface area contributed by atoms with E-state index in [0.717, 1.165) is 16.5 Å². The van der Waals surface area contributed by atoms with Crippen molar-refractivity contribution in [2.24, 2.45) is 5.16 Å². The summed E-state index contributed by atoms with van der Waals surface area (Å²) in [4.78, 5) is 4.17. The Labute approximate surface area is 107 Å². The van der Waals surface area contributed by atoms with Crippen LogP contribution in [0.15, 0.2) is 29.4 Å². The molecule has 8 heteroatoms. The minimum Gasteiger partial charge on any atom is -0.267 e. The van der Waals surface area contributed by atoms with Gasteiger partial charge in [0.05, 0.1) is 16.5 Å². The van der Waals surface area contributed by atoms with Crippen molar-refractivity contribution in [1.82, 2.24) is 4.98 Å². The van der Waals surface area contributed by atoms with Gasteiger partial charge in [-0.25, -0.2) is 4.98 Å². The molecule has 92 valence electrons. The second-order valence-electron chi connectivity index (χ2n) is 3.32. The second-order valence-corrected chi connectivity index (χ2v) is 5.91. The number of benzene rings is 1. The molecular formula is C10H7N3O3S2. The molecule has 0 fully saturated rings. The standard InChI is InChI=1S/C10H7N3O3S2/c1-18(14,15)16-13-8(6-11)10-12-7-4-2-3-5-9(7)17-10/h2-5H,1H3. The largest absolute Gasteiger partial charge is 0.325 e. The lowest BCUT2D eigenvalue weighted by atomic mass is 10.3. The summed E-state index contributed by atoms with van der Waals surface area (Å²) in [6, 6.07) is 9.07. The smallest absolute Gasteiger partial charge is 0.267 e. The van der Waals surface area contributed by atoms with Crippen molar-refractivity contribution in [2.75, 3.05) is 6.26 Å². The minimum absolute atomic E-state index is 0.165. The summed E-state index contributed by atoms with van der Waals surface area (Å²) in [6.45, 7) is 0. The van der Waals surface area contributed by atoms with Crippen molar-refractivity contribution in [3.05, 3.63) is 29.3 Å². The van der Waals surface area contributed by atoms with Gasteiger partial charge in [0.2, 0.25) is 5.71 Å². The van der Waals surface area contributed by atoms with Crippen LogP contribution in [-0.4, -0.2) is 25.4 Å². The molecule has 6 nitrogen and oxygen atoms in total. The number of oxime groups is 1. The molecule has 0 unspecified atom stereocenters. The predicted molar refractivity (Wildman–Crippen MR) is 67.7 cm³/mol. The topological polar surface area (TPSA) is 92.4 Å². The minimum atomic E-state index is -3.73. The van der Waals surface area contributed by atoms with Crippen molar-refractivity contribution in [3.63, 3.8) is 0 Å². The first-order chi connectivity index (χ1) is 8.49. The number of nitrogens with zero attached hydrogens (tertiary/aromatic N) is 3. The lowest BCUT2D eigenvalue weighted by Crippen LogP contribution is -2.02. The van der Waals surface area contributed by atoms with E-state index in [9.17, 15) is 8.42 Å². The average molecular weight is 281 g/mol. The van der Waals surface area contributed by atoms with Crippen LogP contribution in [0, 0.1) is 11.3 Å². The van der Waals surface area contributed by atoms with Crippen molar-refractivity contribution in [1.29, 1.82) is 5.26 Å². The molecule has 0 spiro atoms. The quantitative estimate of drug-likeness (QED) is 0.628. The highest BCUT2D eigenvalue weighted by Gasteiger charge is 2.12. The molecular weight excluding hydrogens is 274 g/mol. The Morgan fingerprint density at radius 1 is 1.50 bits per heavy atom. The number of nitriles is 1. The van der Waals surface area contributed by atoms with Crippen molar-refractivity contribution >= 4 is 37.4 Å². The number of hydrogen-bond donors (Lipinski definition) is 0. The highest BCUT2D eigenvalue weighted by molar-refractivity contribution is 7.85. The highest BCUT2D eigenvalue weighted by atomic mass is 32.2. The van der Waals surface area contributed by atoms with E-state index in [1.165, 1.54) is 11.3 Å². The molecule has 0 radical (unpaired) electrons. The van der Waals surface area contributed by atoms with Crippen molar-refractivity contribution < 1.29 is 12.7 Å². The van der Waals surface area contributed by atoms with Crippen LogP contribution >= 0.6 is 11.3 Å². The van der Waals surface area contributed by atoms with Gasteiger partial charge in [-0.05, 0) is 12.1 Å². The summed E-state index contributed by atoms with van der Waals surface area (Å²) in [6.07, 6.45) is 0.851. The molecule has 0 atom stereocenters. The monoisotopic (exact) mass is 281 g/mol. The molecule has 2 aromatic rings. The van der Waals surface area contributed by atoms with E-state index >= 15 is 0 Å².